The second kappa shape index (κ2) is 7.90. The number of fused-ring (bicyclic) bond motifs is 3. The van der Waals surface area contributed by atoms with Gasteiger partial charge in [-0.15, -0.1) is 0 Å². The van der Waals surface area contributed by atoms with Crippen molar-refractivity contribution >= 4 is 28.6 Å². The van der Waals surface area contributed by atoms with E-state index in [1.54, 1.807) is 7.11 Å². The Morgan fingerprint density at radius 2 is 2.21 bits per heavy atom. The molecule has 1 unspecified atom stereocenters. The van der Waals surface area contributed by atoms with Crippen molar-refractivity contribution in [2.45, 2.75) is 31.7 Å². The lowest BCUT2D eigenvalue weighted by Gasteiger charge is -2.18. The zero-order valence-electron chi connectivity index (χ0n) is 16.0. The van der Waals surface area contributed by atoms with Gasteiger partial charge in [-0.25, -0.2) is 0 Å². The van der Waals surface area contributed by atoms with Gasteiger partial charge >= 0.3 is 0 Å². The number of carbonyl (C=O) groups is 1. The second-order valence-corrected chi connectivity index (χ2v) is 7.28. The Labute approximate surface area is 164 Å². The van der Waals surface area contributed by atoms with E-state index in [1.807, 2.05) is 54.6 Å². The molecule has 1 heterocycles. The molecule has 0 fully saturated rings. The molecular weight excluding hydrogens is 350 g/mol. The minimum Gasteiger partial charge on any atom is -0.497 e. The lowest BCUT2D eigenvalue weighted by molar-refractivity contribution is -0.115. The number of aryl methyl sites for hydroxylation is 1. The summed E-state index contributed by atoms with van der Waals surface area (Å²) in [6.45, 7) is 0. The van der Waals surface area contributed by atoms with Crippen LogP contribution in [0.4, 0.5) is 5.69 Å². The Balaban J connectivity index is 1.43. The van der Waals surface area contributed by atoms with Gasteiger partial charge in [-0.1, -0.05) is 24.3 Å². The average Bonchev–Trinajstić information content (AvgIpc) is 3.05. The Kier molecular flexibility index (Phi) is 5.17. The first-order valence-corrected chi connectivity index (χ1v) is 9.62. The summed E-state index contributed by atoms with van der Waals surface area (Å²) >= 11 is 0. The van der Waals surface area contributed by atoms with Crippen molar-refractivity contribution < 1.29 is 9.53 Å². The molecule has 1 aliphatic rings. The number of H-pyrrole nitrogens is 1. The molecule has 5 nitrogen and oxygen atoms in total. The quantitative estimate of drug-likeness (QED) is 0.630. The van der Waals surface area contributed by atoms with Gasteiger partial charge in [-0.2, -0.15) is 0 Å². The van der Waals surface area contributed by atoms with Crippen LogP contribution in [0.3, 0.4) is 0 Å². The first-order chi connectivity index (χ1) is 13.6. The van der Waals surface area contributed by atoms with E-state index in [0.717, 1.165) is 47.2 Å². The molecule has 1 aromatic heterocycles. The molecule has 2 aromatic carbocycles. The van der Waals surface area contributed by atoms with Crippen LogP contribution in [0, 0.1) is 0 Å². The molecule has 5 heteroatoms. The number of methoxy groups -OCH3 is 1. The Morgan fingerprint density at radius 3 is 3.07 bits per heavy atom. The minimum absolute atomic E-state index is 0.0420. The van der Waals surface area contributed by atoms with Gasteiger partial charge in [0.15, 0.2) is 0 Å². The van der Waals surface area contributed by atoms with Gasteiger partial charge in [0.05, 0.1) is 7.11 Å². The van der Waals surface area contributed by atoms with E-state index < -0.39 is 0 Å². The molecule has 28 heavy (non-hydrogen) atoms. The number of hydrogen-bond donors (Lipinski definition) is 3. The maximum Gasteiger partial charge on any atom is 0.228 e. The van der Waals surface area contributed by atoms with E-state index in [9.17, 15) is 4.79 Å². The summed E-state index contributed by atoms with van der Waals surface area (Å²) in [6, 6.07) is 14.0. The zero-order valence-corrected chi connectivity index (χ0v) is 16.0. The van der Waals surface area contributed by atoms with Crippen LogP contribution >= 0.6 is 0 Å². The van der Waals surface area contributed by atoms with Gasteiger partial charge in [0.2, 0.25) is 5.91 Å². The van der Waals surface area contributed by atoms with E-state index in [1.165, 1.54) is 11.3 Å². The molecule has 3 aromatic rings. The Bertz CT molecular complexity index is 1040. The van der Waals surface area contributed by atoms with Crippen LogP contribution in [0.25, 0.3) is 17.0 Å². The molecular formula is C23H25N3O2. The smallest absolute Gasteiger partial charge is 0.228 e. The summed E-state index contributed by atoms with van der Waals surface area (Å²) in [7, 11) is 1.64. The van der Waals surface area contributed by atoms with Crippen LogP contribution in [-0.2, 0) is 17.6 Å². The van der Waals surface area contributed by atoms with Crippen LogP contribution < -0.4 is 15.8 Å². The van der Waals surface area contributed by atoms with Crippen molar-refractivity contribution in [3.63, 3.8) is 0 Å². The molecule has 0 saturated carbocycles. The van der Waals surface area contributed by atoms with Crippen molar-refractivity contribution in [1.29, 1.82) is 0 Å². The molecule has 1 atom stereocenters. The fourth-order valence-electron chi connectivity index (χ4n) is 3.78. The van der Waals surface area contributed by atoms with Crippen LogP contribution in [0.15, 0.2) is 48.5 Å². The number of ether oxygens (including phenoxy) is 1. The third kappa shape index (κ3) is 3.94. The largest absolute Gasteiger partial charge is 0.497 e. The maximum atomic E-state index is 12.3. The molecule has 0 spiro atoms. The first-order valence-electron chi connectivity index (χ1n) is 9.62. The van der Waals surface area contributed by atoms with E-state index >= 15 is 0 Å². The topological polar surface area (TPSA) is 80.1 Å². The predicted molar refractivity (Wildman–Crippen MR) is 114 cm³/mol. The normalized spacial score (nSPS) is 16.3. The summed E-state index contributed by atoms with van der Waals surface area (Å²) in [5.74, 6) is 0.758. The molecule has 0 radical (unpaired) electrons. The standard InChI is InChI=1S/C23H25N3O2/c1-28-18-6-2-4-15(12-18)5-3-7-23(27)25-17-9-11-22-20(14-17)19-13-16(24)8-10-21(19)26-22/h2-6,9,11-12,14,16,26H,7-8,10,13,24H2,1H3,(H,25,27)/b5-3+. The van der Waals surface area contributed by atoms with Crippen molar-refractivity contribution in [3.8, 4) is 5.75 Å². The molecule has 0 aliphatic heterocycles. The van der Waals surface area contributed by atoms with Crippen molar-refractivity contribution in [1.82, 2.24) is 4.98 Å². The van der Waals surface area contributed by atoms with Crippen molar-refractivity contribution in [2.75, 3.05) is 12.4 Å². The molecule has 4 N–H and O–H groups in total. The average molecular weight is 375 g/mol. The molecule has 0 saturated heterocycles. The highest BCUT2D eigenvalue weighted by Gasteiger charge is 2.20. The molecule has 1 amide bonds. The number of anilines is 1. The number of carbonyl (C=O) groups excluding carboxylic acids is 1. The maximum absolute atomic E-state index is 12.3. The number of nitrogens with one attached hydrogen (secondary N) is 2. The number of amides is 1. The summed E-state index contributed by atoms with van der Waals surface area (Å²) in [4.78, 5) is 15.8. The van der Waals surface area contributed by atoms with Gasteiger partial charge in [0, 0.05) is 34.7 Å². The number of aromatic nitrogens is 1. The molecule has 0 bridgehead atoms. The number of hydrogen-bond acceptors (Lipinski definition) is 3. The van der Waals surface area contributed by atoms with Crippen LogP contribution in [0.2, 0.25) is 0 Å². The lowest BCUT2D eigenvalue weighted by Crippen LogP contribution is -2.27. The Morgan fingerprint density at radius 1 is 1.32 bits per heavy atom. The van der Waals surface area contributed by atoms with Crippen molar-refractivity contribution in [2.24, 2.45) is 5.73 Å². The highest BCUT2D eigenvalue weighted by Crippen LogP contribution is 2.30. The lowest BCUT2D eigenvalue weighted by atomic mass is 9.92. The first kappa shape index (κ1) is 18.3. The van der Waals surface area contributed by atoms with E-state index in [0.29, 0.717) is 6.42 Å². The number of nitrogens with two attached hydrogens (primary N) is 1. The van der Waals surface area contributed by atoms with Gasteiger partial charge in [0.1, 0.15) is 5.75 Å². The monoisotopic (exact) mass is 375 g/mol. The van der Waals surface area contributed by atoms with Crippen molar-refractivity contribution in [3.05, 3.63) is 65.4 Å². The fraction of sp³-hybridized carbons (Fsp3) is 0.261. The SMILES string of the molecule is COc1cccc(/C=C/CC(=O)Nc2ccc3[nH]c4c(c3c2)CC(N)CC4)c1. The van der Waals surface area contributed by atoms with Crippen LogP contribution in [0.5, 0.6) is 5.75 Å². The summed E-state index contributed by atoms with van der Waals surface area (Å²) < 4.78 is 5.21. The summed E-state index contributed by atoms with van der Waals surface area (Å²) in [6.07, 6.45) is 6.99. The van der Waals surface area contributed by atoms with Gasteiger partial charge in [0.25, 0.3) is 0 Å². The molecule has 1 aliphatic carbocycles. The molecule has 4 rings (SSSR count). The highest BCUT2D eigenvalue weighted by atomic mass is 16.5. The number of aromatic amines is 1. The van der Waals surface area contributed by atoms with Crippen LogP contribution in [0.1, 0.15) is 29.7 Å². The third-order valence-corrected chi connectivity index (χ3v) is 5.22. The zero-order chi connectivity index (χ0) is 19.5. The minimum atomic E-state index is -0.0420. The second-order valence-electron chi connectivity index (χ2n) is 7.28. The van der Waals surface area contributed by atoms with E-state index in [-0.39, 0.29) is 11.9 Å². The van der Waals surface area contributed by atoms with Gasteiger partial charge in [-0.3, -0.25) is 4.79 Å². The van der Waals surface area contributed by atoms with Gasteiger partial charge in [-0.05, 0) is 60.7 Å². The highest BCUT2D eigenvalue weighted by molar-refractivity contribution is 5.96. The summed E-state index contributed by atoms with van der Waals surface area (Å²) in [5, 5.41) is 4.15. The third-order valence-electron chi connectivity index (χ3n) is 5.22. The fourth-order valence-corrected chi connectivity index (χ4v) is 3.78. The van der Waals surface area contributed by atoms with E-state index in [4.69, 9.17) is 10.5 Å². The summed E-state index contributed by atoms with van der Waals surface area (Å²) in [5.41, 5.74) is 11.6. The van der Waals surface area contributed by atoms with Gasteiger partial charge < -0.3 is 20.8 Å². The van der Waals surface area contributed by atoms with Crippen LogP contribution in [-0.4, -0.2) is 24.0 Å². The number of rotatable bonds is 5. The molecule has 144 valence electrons. The van der Waals surface area contributed by atoms with E-state index in [2.05, 4.69) is 10.3 Å². The number of benzene rings is 2. The Hall–Kier alpha value is -3.05. The predicted octanol–water partition coefficient (Wildman–Crippen LogP) is 4.03.